The Morgan fingerprint density at radius 3 is 2.32 bits per heavy atom. The van der Waals surface area contributed by atoms with Crippen molar-refractivity contribution in [1.82, 2.24) is 10.2 Å². The summed E-state index contributed by atoms with van der Waals surface area (Å²) in [5.41, 5.74) is 0. The summed E-state index contributed by atoms with van der Waals surface area (Å²) in [6.45, 7) is 4.06. The van der Waals surface area contributed by atoms with E-state index in [9.17, 15) is 4.79 Å². The van der Waals surface area contributed by atoms with E-state index in [1.165, 1.54) is 32.1 Å². The average Bonchev–Trinajstić information content (AvgIpc) is 2.50. The molecule has 0 spiro atoms. The van der Waals surface area contributed by atoms with E-state index >= 15 is 0 Å². The third kappa shape index (κ3) is 2.01. The van der Waals surface area contributed by atoms with Crippen molar-refractivity contribution in [2.24, 2.45) is 23.7 Å². The van der Waals surface area contributed by atoms with Crippen molar-refractivity contribution >= 4 is 5.91 Å². The number of amides is 1. The van der Waals surface area contributed by atoms with Crippen LogP contribution in [-0.4, -0.2) is 36.0 Å². The first-order valence-corrected chi connectivity index (χ1v) is 8.23. The largest absolute Gasteiger partial charge is 0.338 e. The Morgan fingerprint density at radius 2 is 1.68 bits per heavy atom. The molecule has 5 aliphatic rings. The highest BCUT2D eigenvalue weighted by atomic mass is 16.2. The molecule has 1 aliphatic heterocycles. The molecule has 4 saturated carbocycles. The Balaban J connectivity index is 1.56. The summed E-state index contributed by atoms with van der Waals surface area (Å²) >= 11 is 0. The molecule has 1 heterocycles. The first-order chi connectivity index (χ1) is 9.20. The molecule has 0 aromatic heterocycles. The van der Waals surface area contributed by atoms with Gasteiger partial charge in [-0.15, -0.1) is 0 Å². The fourth-order valence-corrected chi connectivity index (χ4v) is 5.73. The molecule has 1 N–H and O–H groups in total. The van der Waals surface area contributed by atoms with Gasteiger partial charge in [0.25, 0.3) is 0 Å². The summed E-state index contributed by atoms with van der Waals surface area (Å²) in [6.07, 6.45) is 7.82. The topological polar surface area (TPSA) is 32.3 Å². The van der Waals surface area contributed by atoms with Gasteiger partial charge >= 0.3 is 0 Å². The standard InChI is InChI=1S/C16H26N2O/c1-10-4-15(19)18(3-2-17-10)16-13-6-11-5-12(8-13)9-14(16)7-11/h10-14,16-17H,2-9H2,1H3. The molecule has 0 aromatic carbocycles. The summed E-state index contributed by atoms with van der Waals surface area (Å²) in [5, 5.41) is 3.46. The molecule has 4 bridgehead atoms. The maximum absolute atomic E-state index is 12.5. The number of hydrogen-bond donors (Lipinski definition) is 1. The monoisotopic (exact) mass is 262 g/mol. The lowest BCUT2D eigenvalue weighted by atomic mass is 9.54. The number of carbonyl (C=O) groups is 1. The molecule has 5 fully saturated rings. The lowest BCUT2D eigenvalue weighted by molar-refractivity contribution is -0.142. The maximum Gasteiger partial charge on any atom is 0.224 e. The van der Waals surface area contributed by atoms with E-state index in [-0.39, 0.29) is 0 Å². The van der Waals surface area contributed by atoms with Gasteiger partial charge in [-0.25, -0.2) is 0 Å². The molecular formula is C16H26N2O. The molecule has 5 rings (SSSR count). The fraction of sp³-hybridized carbons (Fsp3) is 0.938. The van der Waals surface area contributed by atoms with Crippen LogP contribution in [0.5, 0.6) is 0 Å². The molecular weight excluding hydrogens is 236 g/mol. The van der Waals surface area contributed by atoms with Crippen LogP contribution >= 0.6 is 0 Å². The van der Waals surface area contributed by atoms with E-state index in [0.717, 1.165) is 36.8 Å². The maximum atomic E-state index is 12.5. The second-order valence-electron chi connectivity index (χ2n) is 7.57. The van der Waals surface area contributed by atoms with Crippen LogP contribution in [0.2, 0.25) is 0 Å². The fourth-order valence-electron chi connectivity index (χ4n) is 5.73. The van der Waals surface area contributed by atoms with E-state index in [0.29, 0.717) is 24.4 Å². The van der Waals surface area contributed by atoms with Crippen molar-refractivity contribution in [3.63, 3.8) is 0 Å². The van der Waals surface area contributed by atoms with Gasteiger partial charge in [0.2, 0.25) is 5.91 Å². The third-order valence-corrected chi connectivity index (χ3v) is 6.18. The van der Waals surface area contributed by atoms with Crippen molar-refractivity contribution in [3.8, 4) is 0 Å². The van der Waals surface area contributed by atoms with Gasteiger partial charge in [0.15, 0.2) is 0 Å². The quantitative estimate of drug-likeness (QED) is 0.784. The predicted molar refractivity (Wildman–Crippen MR) is 74.6 cm³/mol. The second kappa shape index (κ2) is 4.47. The van der Waals surface area contributed by atoms with Crippen molar-refractivity contribution in [3.05, 3.63) is 0 Å². The van der Waals surface area contributed by atoms with Crippen LogP contribution in [0.25, 0.3) is 0 Å². The Labute approximate surface area is 116 Å². The first kappa shape index (κ1) is 12.2. The van der Waals surface area contributed by atoms with Crippen LogP contribution in [0.3, 0.4) is 0 Å². The first-order valence-electron chi connectivity index (χ1n) is 8.23. The Hall–Kier alpha value is -0.570. The van der Waals surface area contributed by atoms with Crippen LogP contribution in [-0.2, 0) is 4.79 Å². The molecule has 1 saturated heterocycles. The van der Waals surface area contributed by atoms with Crippen LogP contribution < -0.4 is 5.32 Å². The highest BCUT2D eigenvalue weighted by Gasteiger charge is 2.51. The molecule has 3 nitrogen and oxygen atoms in total. The molecule has 106 valence electrons. The summed E-state index contributed by atoms with van der Waals surface area (Å²) in [5.74, 6) is 4.06. The molecule has 4 aliphatic carbocycles. The summed E-state index contributed by atoms with van der Waals surface area (Å²) < 4.78 is 0. The van der Waals surface area contributed by atoms with Gasteiger partial charge in [0.05, 0.1) is 0 Å². The van der Waals surface area contributed by atoms with Gasteiger partial charge in [-0.05, 0) is 62.7 Å². The minimum absolute atomic E-state index is 0.356. The number of rotatable bonds is 1. The van der Waals surface area contributed by atoms with Gasteiger partial charge < -0.3 is 10.2 Å². The third-order valence-electron chi connectivity index (χ3n) is 6.18. The normalized spacial score (nSPS) is 49.5. The highest BCUT2D eigenvalue weighted by Crippen LogP contribution is 2.55. The number of carbonyl (C=O) groups excluding carboxylic acids is 1. The van der Waals surface area contributed by atoms with Crippen LogP contribution in [0.1, 0.15) is 45.4 Å². The average molecular weight is 262 g/mol. The summed E-state index contributed by atoms with van der Waals surface area (Å²) in [6, 6.07) is 0.946. The number of nitrogens with zero attached hydrogens (tertiary/aromatic N) is 1. The Bertz CT molecular complexity index is 353. The van der Waals surface area contributed by atoms with Crippen molar-refractivity contribution in [2.45, 2.75) is 57.5 Å². The minimum atomic E-state index is 0.356. The zero-order chi connectivity index (χ0) is 13.0. The Kier molecular flexibility index (Phi) is 2.87. The van der Waals surface area contributed by atoms with Crippen LogP contribution in [0.15, 0.2) is 0 Å². The number of nitrogens with one attached hydrogen (secondary N) is 1. The van der Waals surface area contributed by atoms with Gasteiger partial charge in [0, 0.05) is 31.6 Å². The molecule has 0 aromatic rings. The van der Waals surface area contributed by atoms with E-state index in [4.69, 9.17) is 0 Å². The Morgan fingerprint density at radius 1 is 1.05 bits per heavy atom. The zero-order valence-corrected chi connectivity index (χ0v) is 12.0. The van der Waals surface area contributed by atoms with Gasteiger partial charge in [-0.3, -0.25) is 4.79 Å². The highest BCUT2D eigenvalue weighted by molar-refractivity contribution is 5.77. The van der Waals surface area contributed by atoms with E-state index in [2.05, 4.69) is 17.1 Å². The van der Waals surface area contributed by atoms with Gasteiger partial charge in [-0.2, -0.15) is 0 Å². The minimum Gasteiger partial charge on any atom is -0.338 e. The summed E-state index contributed by atoms with van der Waals surface area (Å²) in [4.78, 5) is 14.8. The molecule has 0 radical (unpaired) electrons. The smallest absolute Gasteiger partial charge is 0.224 e. The molecule has 19 heavy (non-hydrogen) atoms. The number of hydrogen-bond acceptors (Lipinski definition) is 2. The van der Waals surface area contributed by atoms with E-state index in [1.54, 1.807) is 0 Å². The lowest BCUT2D eigenvalue weighted by Gasteiger charge is -2.57. The SMILES string of the molecule is CC1CC(=O)N(C2C3CC4CC(C3)CC2C4)CCN1. The zero-order valence-electron chi connectivity index (χ0n) is 12.0. The van der Waals surface area contributed by atoms with Crippen molar-refractivity contribution < 1.29 is 4.79 Å². The lowest BCUT2D eigenvalue weighted by Crippen LogP contribution is -2.57. The van der Waals surface area contributed by atoms with Gasteiger partial charge in [0.1, 0.15) is 0 Å². The van der Waals surface area contributed by atoms with Crippen molar-refractivity contribution in [1.29, 1.82) is 0 Å². The van der Waals surface area contributed by atoms with Crippen LogP contribution in [0.4, 0.5) is 0 Å². The van der Waals surface area contributed by atoms with Crippen molar-refractivity contribution in [2.75, 3.05) is 13.1 Å². The molecule has 1 amide bonds. The molecule has 1 atom stereocenters. The second-order valence-corrected chi connectivity index (χ2v) is 7.57. The summed E-state index contributed by atoms with van der Waals surface area (Å²) in [7, 11) is 0. The van der Waals surface area contributed by atoms with Gasteiger partial charge in [-0.1, -0.05) is 0 Å². The van der Waals surface area contributed by atoms with E-state index in [1.807, 2.05) is 0 Å². The van der Waals surface area contributed by atoms with Crippen LogP contribution in [0, 0.1) is 23.7 Å². The predicted octanol–water partition coefficient (Wildman–Crippen LogP) is 2.02. The van der Waals surface area contributed by atoms with E-state index < -0.39 is 0 Å². The molecule has 3 heteroatoms. The molecule has 1 unspecified atom stereocenters.